The molecule has 0 unspecified atom stereocenters. The summed E-state index contributed by atoms with van der Waals surface area (Å²) in [5.41, 5.74) is 1.87. The molecule has 41 valence electrons. The molecule has 0 aliphatic carbocycles. The monoisotopic (exact) mass is 133 g/mol. The van der Waals surface area contributed by atoms with Gasteiger partial charge in [-0.3, -0.25) is 0 Å². The molecule has 0 aliphatic rings. The van der Waals surface area contributed by atoms with Gasteiger partial charge in [-0.25, -0.2) is 0 Å². The minimum atomic E-state index is -0.644. The van der Waals surface area contributed by atoms with Crippen LogP contribution in [0.25, 0.3) is 0 Å². The van der Waals surface area contributed by atoms with Gasteiger partial charge < -0.3 is 0 Å². The molecule has 0 N–H and O–H groups in total. The van der Waals surface area contributed by atoms with Crippen molar-refractivity contribution in [3.8, 4) is 0 Å². The van der Waals surface area contributed by atoms with E-state index >= 15 is 0 Å². The molecule has 0 bridgehead atoms. The molecular formula is C5H10ClSi. The SMILES string of the molecule is C=C[Si](Cl)CCC. The Kier molecular flexibility index (Phi) is 4.56. The first-order valence-corrected chi connectivity index (χ1v) is 5.24. The van der Waals surface area contributed by atoms with Crippen LogP contribution in [0.1, 0.15) is 13.3 Å². The van der Waals surface area contributed by atoms with Crippen LogP contribution in [0.3, 0.4) is 0 Å². The second-order valence-electron chi connectivity index (χ2n) is 1.40. The molecule has 0 amide bonds. The molecule has 0 aromatic rings. The van der Waals surface area contributed by atoms with Gasteiger partial charge in [-0.1, -0.05) is 19.0 Å². The highest BCUT2D eigenvalue weighted by Gasteiger charge is 1.96. The van der Waals surface area contributed by atoms with Gasteiger partial charge in [0.15, 0.2) is 8.11 Å². The lowest BCUT2D eigenvalue weighted by Crippen LogP contribution is -1.95. The van der Waals surface area contributed by atoms with E-state index in [1.54, 1.807) is 0 Å². The van der Waals surface area contributed by atoms with Crippen molar-refractivity contribution in [1.29, 1.82) is 0 Å². The van der Waals surface area contributed by atoms with Crippen molar-refractivity contribution in [2.45, 2.75) is 19.4 Å². The van der Waals surface area contributed by atoms with Gasteiger partial charge in [0.1, 0.15) is 0 Å². The summed E-state index contributed by atoms with van der Waals surface area (Å²) in [5, 5.41) is 0. The summed E-state index contributed by atoms with van der Waals surface area (Å²) in [6.45, 7) is 5.73. The van der Waals surface area contributed by atoms with Crippen molar-refractivity contribution in [3.63, 3.8) is 0 Å². The molecule has 0 spiro atoms. The second kappa shape index (κ2) is 4.41. The second-order valence-corrected chi connectivity index (χ2v) is 4.66. The maximum atomic E-state index is 5.75. The van der Waals surface area contributed by atoms with Crippen LogP contribution in [-0.4, -0.2) is 8.11 Å². The van der Waals surface area contributed by atoms with Crippen LogP contribution in [0, 0.1) is 0 Å². The van der Waals surface area contributed by atoms with Crippen LogP contribution < -0.4 is 0 Å². The Labute approximate surface area is 51.5 Å². The van der Waals surface area contributed by atoms with Gasteiger partial charge in [0.2, 0.25) is 0 Å². The lowest BCUT2D eigenvalue weighted by molar-refractivity contribution is 1.07. The van der Waals surface area contributed by atoms with E-state index < -0.39 is 8.11 Å². The Hall–Kier alpha value is 0.247. The molecule has 0 saturated carbocycles. The Balaban J connectivity index is 2.98. The Morgan fingerprint density at radius 1 is 1.86 bits per heavy atom. The van der Waals surface area contributed by atoms with Crippen molar-refractivity contribution in [3.05, 3.63) is 12.3 Å². The summed E-state index contributed by atoms with van der Waals surface area (Å²) >= 11 is 5.75. The van der Waals surface area contributed by atoms with E-state index in [1.165, 1.54) is 6.42 Å². The molecule has 0 heterocycles. The van der Waals surface area contributed by atoms with E-state index in [0.717, 1.165) is 6.04 Å². The smallest absolute Gasteiger partial charge is 0.163 e. The maximum Gasteiger partial charge on any atom is 0.191 e. The van der Waals surface area contributed by atoms with Crippen LogP contribution in [0.5, 0.6) is 0 Å². The van der Waals surface area contributed by atoms with E-state index in [-0.39, 0.29) is 0 Å². The minimum absolute atomic E-state index is 0.644. The van der Waals surface area contributed by atoms with Crippen LogP contribution in [-0.2, 0) is 0 Å². The molecule has 0 nitrogen and oxygen atoms in total. The Morgan fingerprint density at radius 3 is 2.57 bits per heavy atom. The van der Waals surface area contributed by atoms with Gasteiger partial charge in [-0.05, 0) is 6.04 Å². The van der Waals surface area contributed by atoms with E-state index in [4.69, 9.17) is 11.1 Å². The van der Waals surface area contributed by atoms with Gasteiger partial charge in [0, 0.05) is 0 Å². The summed E-state index contributed by atoms with van der Waals surface area (Å²) in [4.78, 5) is 0. The minimum Gasteiger partial charge on any atom is -0.163 e. The lowest BCUT2D eigenvalue weighted by Gasteiger charge is -1.92. The van der Waals surface area contributed by atoms with Crippen LogP contribution in [0.2, 0.25) is 6.04 Å². The first kappa shape index (κ1) is 7.25. The zero-order valence-corrected chi connectivity index (χ0v) is 6.33. The van der Waals surface area contributed by atoms with Crippen LogP contribution in [0.4, 0.5) is 0 Å². The third-order valence-corrected chi connectivity index (χ3v) is 3.16. The number of halogens is 1. The molecular weight excluding hydrogens is 124 g/mol. The van der Waals surface area contributed by atoms with Crippen molar-refractivity contribution in [2.75, 3.05) is 0 Å². The van der Waals surface area contributed by atoms with Gasteiger partial charge in [-0.2, -0.15) is 11.1 Å². The van der Waals surface area contributed by atoms with E-state index in [2.05, 4.69) is 13.5 Å². The van der Waals surface area contributed by atoms with Crippen molar-refractivity contribution in [2.24, 2.45) is 0 Å². The predicted molar refractivity (Wildman–Crippen MR) is 36.9 cm³/mol. The molecule has 2 heteroatoms. The maximum absolute atomic E-state index is 5.75. The van der Waals surface area contributed by atoms with Crippen molar-refractivity contribution in [1.82, 2.24) is 0 Å². The average Bonchev–Trinajstić information content (AvgIpc) is 1.68. The van der Waals surface area contributed by atoms with Gasteiger partial charge in [-0.15, -0.1) is 6.58 Å². The molecule has 0 fully saturated rings. The van der Waals surface area contributed by atoms with Crippen molar-refractivity contribution < 1.29 is 0 Å². The molecule has 0 atom stereocenters. The number of hydrogen-bond donors (Lipinski definition) is 0. The fourth-order valence-corrected chi connectivity index (χ4v) is 1.59. The highest BCUT2D eigenvalue weighted by atomic mass is 35.6. The molecule has 0 aromatic carbocycles. The molecule has 0 aliphatic heterocycles. The quantitative estimate of drug-likeness (QED) is 0.410. The van der Waals surface area contributed by atoms with Gasteiger partial charge in [0.25, 0.3) is 0 Å². The zero-order valence-electron chi connectivity index (χ0n) is 4.58. The first-order chi connectivity index (χ1) is 3.31. The molecule has 0 rings (SSSR count). The average molecular weight is 134 g/mol. The Morgan fingerprint density at radius 2 is 2.43 bits per heavy atom. The Bertz CT molecular complexity index is 54.0. The topological polar surface area (TPSA) is 0 Å². The fourth-order valence-electron chi connectivity index (χ4n) is 0.341. The summed E-state index contributed by atoms with van der Waals surface area (Å²) in [7, 11) is -0.644. The largest absolute Gasteiger partial charge is 0.191 e. The van der Waals surface area contributed by atoms with E-state index in [9.17, 15) is 0 Å². The fraction of sp³-hybridized carbons (Fsp3) is 0.600. The number of rotatable bonds is 3. The summed E-state index contributed by atoms with van der Waals surface area (Å²) in [6.07, 6.45) is 1.18. The molecule has 0 saturated heterocycles. The normalized spacial score (nSPS) is 9.57. The summed E-state index contributed by atoms with van der Waals surface area (Å²) < 4.78 is 0. The predicted octanol–water partition coefficient (Wildman–Crippen LogP) is 2.35. The third kappa shape index (κ3) is 4.09. The summed E-state index contributed by atoms with van der Waals surface area (Å²) in [5.74, 6) is 0. The molecule has 0 aromatic heterocycles. The van der Waals surface area contributed by atoms with Gasteiger partial charge in [0.05, 0.1) is 0 Å². The third-order valence-electron chi connectivity index (χ3n) is 0.710. The molecule has 7 heavy (non-hydrogen) atoms. The highest BCUT2D eigenvalue weighted by molar-refractivity contribution is 7.09. The van der Waals surface area contributed by atoms with Crippen LogP contribution >= 0.6 is 11.1 Å². The van der Waals surface area contributed by atoms with Gasteiger partial charge >= 0.3 is 0 Å². The lowest BCUT2D eigenvalue weighted by atomic mass is 10.6. The first-order valence-electron chi connectivity index (χ1n) is 2.45. The van der Waals surface area contributed by atoms with Crippen molar-refractivity contribution >= 4 is 19.2 Å². The van der Waals surface area contributed by atoms with E-state index in [1.807, 2.05) is 5.70 Å². The highest BCUT2D eigenvalue weighted by Crippen LogP contribution is 2.00. The standard InChI is InChI=1S/C5H10ClSi/c1-3-5-7(6)4-2/h4H,2-3,5H2,1H3. The van der Waals surface area contributed by atoms with Crippen LogP contribution in [0.15, 0.2) is 12.3 Å². The summed E-state index contributed by atoms with van der Waals surface area (Å²) in [6, 6.07) is 1.15. The molecule has 1 radical (unpaired) electrons. The van der Waals surface area contributed by atoms with E-state index in [0.29, 0.717) is 0 Å². The zero-order chi connectivity index (χ0) is 5.70. The number of hydrogen-bond acceptors (Lipinski definition) is 0.